The summed E-state index contributed by atoms with van der Waals surface area (Å²) in [5.41, 5.74) is 1.10. The second kappa shape index (κ2) is 4.03. The summed E-state index contributed by atoms with van der Waals surface area (Å²) < 4.78 is 13.3. The Bertz CT molecular complexity index is 336. The van der Waals surface area contributed by atoms with Gasteiger partial charge in [-0.25, -0.2) is 4.39 Å². The zero-order chi connectivity index (χ0) is 10.0. The first-order valence-corrected chi connectivity index (χ1v) is 4.60. The predicted octanol–water partition coefficient (Wildman–Crippen LogP) is 3.20. The van der Waals surface area contributed by atoms with Crippen molar-refractivity contribution in [3.05, 3.63) is 46.2 Å². The van der Waals surface area contributed by atoms with Crippen LogP contribution in [-0.2, 0) is 0 Å². The van der Waals surface area contributed by atoms with Crippen LogP contribution < -0.4 is 0 Å². The van der Waals surface area contributed by atoms with Crippen LogP contribution in [-0.4, -0.2) is 5.11 Å². The van der Waals surface area contributed by atoms with E-state index in [9.17, 15) is 9.50 Å². The number of halogens is 2. The molecule has 3 heteroatoms. The van der Waals surface area contributed by atoms with E-state index in [1.165, 1.54) is 6.07 Å². The third kappa shape index (κ3) is 2.17. The van der Waals surface area contributed by atoms with Gasteiger partial charge in [-0.05, 0) is 34.5 Å². The number of hydrogen-bond donors (Lipinski definition) is 1. The lowest BCUT2D eigenvalue weighted by Crippen LogP contribution is -2.00. The van der Waals surface area contributed by atoms with Crippen molar-refractivity contribution in [2.24, 2.45) is 0 Å². The summed E-state index contributed by atoms with van der Waals surface area (Å²) in [5, 5.41) is 9.61. The molecule has 0 aromatic heterocycles. The third-order valence-corrected chi connectivity index (χ3v) is 2.58. The average Bonchev–Trinajstić information content (AvgIpc) is 2.08. The molecule has 0 radical (unpaired) electrons. The topological polar surface area (TPSA) is 20.2 Å². The van der Waals surface area contributed by atoms with Gasteiger partial charge in [-0.2, -0.15) is 0 Å². The SMILES string of the molecule is C=C(C)C(O)c1cccc(F)c1Br. The lowest BCUT2D eigenvalue weighted by molar-refractivity contribution is 0.215. The van der Waals surface area contributed by atoms with E-state index in [1.54, 1.807) is 19.1 Å². The van der Waals surface area contributed by atoms with Crippen molar-refractivity contribution in [2.45, 2.75) is 13.0 Å². The summed E-state index contributed by atoms with van der Waals surface area (Å²) in [5.74, 6) is -0.377. The standard InChI is InChI=1S/C10H10BrFO/c1-6(2)10(13)7-4-3-5-8(12)9(7)11/h3-5,10,13H,1H2,2H3. The highest BCUT2D eigenvalue weighted by Gasteiger charge is 2.13. The largest absolute Gasteiger partial charge is 0.384 e. The van der Waals surface area contributed by atoms with Gasteiger partial charge in [0.05, 0.1) is 4.47 Å². The van der Waals surface area contributed by atoms with Gasteiger partial charge < -0.3 is 5.11 Å². The van der Waals surface area contributed by atoms with Crippen LogP contribution in [0.25, 0.3) is 0 Å². The quantitative estimate of drug-likeness (QED) is 0.793. The lowest BCUT2D eigenvalue weighted by atomic mass is 10.0. The Balaban J connectivity index is 3.15. The van der Waals surface area contributed by atoms with Gasteiger partial charge in [0.15, 0.2) is 0 Å². The predicted molar refractivity (Wildman–Crippen MR) is 53.9 cm³/mol. The van der Waals surface area contributed by atoms with Crippen LogP contribution in [0.15, 0.2) is 34.8 Å². The van der Waals surface area contributed by atoms with E-state index < -0.39 is 6.10 Å². The number of aliphatic hydroxyl groups excluding tert-OH is 1. The van der Waals surface area contributed by atoms with Gasteiger partial charge in [0.2, 0.25) is 0 Å². The average molecular weight is 245 g/mol. The normalized spacial score (nSPS) is 12.6. The molecule has 0 saturated heterocycles. The smallest absolute Gasteiger partial charge is 0.137 e. The molecule has 70 valence electrons. The molecule has 0 spiro atoms. The zero-order valence-electron chi connectivity index (χ0n) is 7.22. The summed E-state index contributed by atoms with van der Waals surface area (Å²) >= 11 is 3.07. The Hall–Kier alpha value is -0.670. The first kappa shape index (κ1) is 10.4. The summed E-state index contributed by atoms with van der Waals surface area (Å²) in [4.78, 5) is 0. The van der Waals surface area contributed by atoms with Crippen molar-refractivity contribution in [1.29, 1.82) is 0 Å². The fourth-order valence-electron chi connectivity index (χ4n) is 0.997. The van der Waals surface area contributed by atoms with Crippen LogP contribution in [0.1, 0.15) is 18.6 Å². The highest BCUT2D eigenvalue weighted by Crippen LogP contribution is 2.29. The highest BCUT2D eigenvalue weighted by molar-refractivity contribution is 9.10. The van der Waals surface area contributed by atoms with Crippen molar-refractivity contribution in [1.82, 2.24) is 0 Å². The molecule has 1 aromatic rings. The van der Waals surface area contributed by atoms with Gasteiger partial charge in [-0.1, -0.05) is 18.7 Å². The van der Waals surface area contributed by atoms with Crippen LogP contribution in [0.2, 0.25) is 0 Å². The van der Waals surface area contributed by atoms with Crippen LogP contribution in [0.5, 0.6) is 0 Å². The second-order valence-corrected chi connectivity index (χ2v) is 3.68. The van der Waals surface area contributed by atoms with Gasteiger partial charge in [0.25, 0.3) is 0 Å². The molecule has 0 amide bonds. The Labute approximate surface area is 85.0 Å². The lowest BCUT2D eigenvalue weighted by Gasteiger charge is -2.12. The van der Waals surface area contributed by atoms with Gasteiger partial charge in [0, 0.05) is 5.56 Å². The molecule has 13 heavy (non-hydrogen) atoms. The highest BCUT2D eigenvalue weighted by atomic mass is 79.9. The minimum atomic E-state index is -0.815. The van der Waals surface area contributed by atoms with E-state index in [0.29, 0.717) is 15.6 Å². The third-order valence-electron chi connectivity index (χ3n) is 1.74. The molecule has 0 bridgehead atoms. The molecule has 1 rings (SSSR count). The zero-order valence-corrected chi connectivity index (χ0v) is 8.81. The molecule has 1 atom stereocenters. The van der Waals surface area contributed by atoms with Crippen LogP contribution in [0, 0.1) is 5.82 Å². The molecule has 1 unspecified atom stereocenters. The molecule has 0 fully saturated rings. The first-order chi connectivity index (χ1) is 6.04. The fourth-order valence-corrected chi connectivity index (χ4v) is 1.48. The molecule has 0 saturated carbocycles. The maximum absolute atomic E-state index is 13.0. The molecule has 1 N–H and O–H groups in total. The number of aliphatic hydroxyl groups is 1. The minimum absolute atomic E-state index is 0.297. The van der Waals surface area contributed by atoms with E-state index in [0.717, 1.165) is 0 Å². The van der Waals surface area contributed by atoms with Crippen LogP contribution in [0.4, 0.5) is 4.39 Å². The van der Waals surface area contributed by atoms with Gasteiger partial charge in [-0.15, -0.1) is 0 Å². The van der Waals surface area contributed by atoms with Gasteiger partial charge in [0.1, 0.15) is 11.9 Å². The molecule has 0 heterocycles. The first-order valence-electron chi connectivity index (χ1n) is 3.81. The van der Waals surface area contributed by atoms with Crippen LogP contribution in [0.3, 0.4) is 0 Å². The Kier molecular flexibility index (Phi) is 3.22. The van der Waals surface area contributed by atoms with Crippen molar-refractivity contribution in [3.8, 4) is 0 Å². The molecular weight excluding hydrogens is 235 g/mol. The van der Waals surface area contributed by atoms with E-state index >= 15 is 0 Å². The van der Waals surface area contributed by atoms with Crippen molar-refractivity contribution >= 4 is 15.9 Å². The maximum atomic E-state index is 13.0. The molecule has 1 aromatic carbocycles. The summed E-state index contributed by atoms with van der Waals surface area (Å²) in [6, 6.07) is 4.55. The summed E-state index contributed by atoms with van der Waals surface area (Å²) in [6.45, 7) is 5.31. The monoisotopic (exact) mass is 244 g/mol. The van der Waals surface area contributed by atoms with Gasteiger partial charge in [-0.3, -0.25) is 0 Å². The Morgan fingerprint density at radius 1 is 1.62 bits per heavy atom. The number of hydrogen-bond acceptors (Lipinski definition) is 1. The van der Waals surface area contributed by atoms with E-state index in [1.807, 2.05) is 0 Å². The summed E-state index contributed by atoms with van der Waals surface area (Å²) in [6.07, 6.45) is -0.815. The molecular formula is C10H10BrFO. The van der Waals surface area contributed by atoms with Gasteiger partial charge >= 0.3 is 0 Å². The molecule has 0 aliphatic rings. The van der Waals surface area contributed by atoms with E-state index in [-0.39, 0.29) is 5.82 Å². The van der Waals surface area contributed by atoms with Crippen molar-refractivity contribution in [3.63, 3.8) is 0 Å². The maximum Gasteiger partial charge on any atom is 0.137 e. The summed E-state index contributed by atoms with van der Waals surface area (Å²) in [7, 11) is 0. The Morgan fingerprint density at radius 2 is 2.23 bits per heavy atom. The van der Waals surface area contributed by atoms with E-state index in [2.05, 4.69) is 22.5 Å². The number of benzene rings is 1. The fraction of sp³-hybridized carbons (Fsp3) is 0.200. The van der Waals surface area contributed by atoms with Crippen molar-refractivity contribution in [2.75, 3.05) is 0 Å². The molecule has 0 aliphatic carbocycles. The number of rotatable bonds is 2. The van der Waals surface area contributed by atoms with Crippen LogP contribution >= 0.6 is 15.9 Å². The van der Waals surface area contributed by atoms with E-state index in [4.69, 9.17) is 0 Å². The minimum Gasteiger partial charge on any atom is -0.384 e. The second-order valence-electron chi connectivity index (χ2n) is 2.89. The Morgan fingerprint density at radius 3 is 2.77 bits per heavy atom. The molecule has 1 nitrogen and oxygen atoms in total. The molecule has 0 aliphatic heterocycles. The van der Waals surface area contributed by atoms with Crippen molar-refractivity contribution < 1.29 is 9.50 Å².